The Balaban J connectivity index is 1.51. The molecule has 10 heteroatoms. The lowest BCUT2D eigenvalue weighted by atomic mass is 10.2. The summed E-state index contributed by atoms with van der Waals surface area (Å²) in [6, 6.07) is 14.4. The molecule has 3 N–H and O–H groups in total. The lowest BCUT2D eigenvalue weighted by Crippen LogP contribution is -2.15. The highest BCUT2D eigenvalue weighted by molar-refractivity contribution is 6.05. The third-order valence-electron chi connectivity index (χ3n) is 4.85. The minimum atomic E-state index is -0.474. The molecule has 0 aliphatic carbocycles. The first-order valence-electron chi connectivity index (χ1n) is 9.73. The van der Waals surface area contributed by atoms with Crippen LogP contribution in [-0.2, 0) is 6.54 Å². The van der Waals surface area contributed by atoms with Gasteiger partial charge in [0.05, 0.1) is 20.8 Å². The van der Waals surface area contributed by atoms with Gasteiger partial charge in [0.1, 0.15) is 23.0 Å². The quantitative estimate of drug-likeness (QED) is 0.454. The second-order valence-electron chi connectivity index (χ2n) is 6.92. The highest BCUT2D eigenvalue weighted by Gasteiger charge is 2.20. The summed E-state index contributed by atoms with van der Waals surface area (Å²) in [5.41, 5.74) is 8.16. The Labute approximate surface area is 184 Å². The lowest BCUT2D eigenvalue weighted by Gasteiger charge is -2.06. The first kappa shape index (κ1) is 20.9. The zero-order valence-electron chi connectivity index (χ0n) is 17.8. The van der Waals surface area contributed by atoms with Gasteiger partial charge in [-0.1, -0.05) is 11.3 Å². The number of methoxy groups -OCH3 is 2. The van der Waals surface area contributed by atoms with E-state index in [1.165, 1.54) is 4.68 Å². The molecule has 0 saturated carbocycles. The number of nitrogens with one attached hydrogen (secondary N) is 1. The van der Waals surface area contributed by atoms with Crippen molar-refractivity contribution in [2.75, 3.05) is 25.3 Å². The number of carbonyl (C=O) groups is 1. The van der Waals surface area contributed by atoms with Crippen molar-refractivity contribution >= 4 is 17.4 Å². The molecule has 4 aromatic rings. The van der Waals surface area contributed by atoms with E-state index in [4.69, 9.17) is 19.6 Å². The molecule has 0 aliphatic heterocycles. The van der Waals surface area contributed by atoms with Crippen molar-refractivity contribution in [1.29, 1.82) is 0 Å². The van der Waals surface area contributed by atoms with E-state index >= 15 is 0 Å². The van der Waals surface area contributed by atoms with E-state index < -0.39 is 5.91 Å². The number of rotatable bonds is 7. The molecule has 0 fully saturated rings. The van der Waals surface area contributed by atoms with Crippen LogP contribution in [0.4, 0.5) is 11.5 Å². The van der Waals surface area contributed by atoms with Crippen LogP contribution in [0.5, 0.6) is 11.5 Å². The Bertz CT molecular complexity index is 1250. The average molecular weight is 434 g/mol. The highest BCUT2D eigenvalue weighted by Crippen LogP contribution is 2.25. The van der Waals surface area contributed by atoms with E-state index in [0.717, 1.165) is 11.3 Å². The Morgan fingerprint density at radius 1 is 1.12 bits per heavy atom. The van der Waals surface area contributed by atoms with Gasteiger partial charge in [0.25, 0.3) is 5.91 Å². The summed E-state index contributed by atoms with van der Waals surface area (Å²) in [7, 11) is 3.16. The van der Waals surface area contributed by atoms with Crippen LogP contribution in [0.2, 0.25) is 0 Å². The average Bonchev–Trinajstić information content (AvgIpc) is 3.36. The predicted octanol–water partition coefficient (Wildman–Crippen LogP) is 3.14. The molecule has 2 aromatic heterocycles. The second-order valence-corrected chi connectivity index (χ2v) is 6.92. The number of hydrogen-bond acceptors (Lipinski definition) is 8. The first-order chi connectivity index (χ1) is 15.5. The standard InChI is InChI=1S/C22H22N6O4/c1-13-18(25-22(32-13)14-7-9-16(30-2)10-8-14)12-28-20(23)19(26-27-28)21(29)24-15-5-4-6-17(11-15)31-3/h4-11H,12,23H2,1-3H3,(H,24,29). The normalized spacial score (nSPS) is 10.7. The summed E-state index contributed by atoms with van der Waals surface area (Å²) in [4.78, 5) is 17.2. The van der Waals surface area contributed by atoms with Crippen molar-refractivity contribution < 1.29 is 18.7 Å². The number of amides is 1. The number of nitrogens with zero attached hydrogens (tertiary/aromatic N) is 4. The van der Waals surface area contributed by atoms with Crippen molar-refractivity contribution in [2.45, 2.75) is 13.5 Å². The van der Waals surface area contributed by atoms with E-state index in [9.17, 15) is 4.79 Å². The van der Waals surface area contributed by atoms with Crippen molar-refractivity contribution in [3.8, 4) is 23.0 Å². The summed E-state index contributed by atoms with van der Waals surface area (Å²) >= 11 is 0. The molecule has 2 heterocycles. The summed E-state index contributed by atoms with van der Waals surface area (Å²) in [5, 5.41) is 10.7. The number of nitrogen functional groups attached to an aromatic ring is 1. The molecular weight excluding hydrogens is 412 g/mol. The van der Waals surface area contributed by atoms with E-state index in [1.807, 2.05) is 24.3 Å². The molecule has 0 unspecified atom stereocenters. The molecular formula is C22H22N6O4. The molecule has 10 nitrogen and oxygen atoms in total. The van der Waals surface area contributed by atoms with Gasteiger partial charge in [0.15, 0.2) is 11.5 Å². The zero-order valence-corrected chi connectivity index (χ0v) is 17.8. The second kappa shape index (κ2) is 8.80. The van der Waals surface area contributed by atoms with Crippen LogP contribution in [0.1, 0.15) is 21.9 Å². The maximum Gasteiger partial charge on any atom is 0.280 e. The highest BCUT2D eigenvalue weighted by atomic mass is 16.5. The number of hydrogen-bond donors (Lipinski definition) is 2. The molecule has 0 saturated heterocycles. The van der Waals surface area contributed by atoms with Gasteiger partial charge in [0, 0.05) is 17.3 Å². The molecule has 0 bridgehead atoms. The summed E-state index contributed by atoms with van der Waals surface area (Å²) in [5.74, 6) is 2.10. The fourth-order valence-electron chi connectivity index (χ4n) is 3.06. The molecule has 0 atom stereocenters. The third kappa shape index (κ3) is 4.24. The molecule has 4 rings (SSSR count). The van der Waals surface area contributed by atoms with E-state index in [0.29, 0.717) is 28.8 Å². The topological polar surface area (TPSA) is 130 Å². The van der Waals surface area contributed by atoms with Crippen LogP contribution in [0.3, 0.4) is 0 Å². The number of oxazole rings is 1. The van der Waals surface area contributed by atoms with Gasteiger partial charge in [-0.05, 0) is 43.3 Å². The monoisotopic (exact) mass is 434 g/mol. The van der Waals surface area contributed by atoms with E-state index in [1.54, 1.807) is 45.4 Å². The Kier molecular flexibility index (Phi) is 5.75. The summed E-state index contributed by atoms with van der Waals surface area (Å²) < 4.78 is 17.5. The summed E-state index contributed by atoms with van der Waals surface area (Å²) in [6.45, 7) is 2.01. The van der Waals surface area contributed by atoms with Crippen molar-refractivity contribution in [3.05, 3.63) is 65.7 Å². The van der Waals surface area contributed by atoms with Gasteiger partial charge >= 0.3 is 0 Å². The number of nitrogens with two attached hydrogens (primary N) is 1. The fraction of sp³-hybridized carbons (Fsp3) is 0.182. The van der Waals surface area contributed by atoms with E-state index in [-0.39, 0.29) is 18.1 Å². The molecule has 164 valence electrons. The number of anilines is 2. The van der Waals surface area contributed by atoms with Crippen LogP contribution in [-0.4, -0.2) is 40.1 Å². The van der Waals surface area contributed by atoms with Gasteiger partial charge in [-0.3, -0.25) is 4.79 Å². The largest absolute Gasteiger partial charge is 0.497 e. The number of aryl methyl sites for hydroxylation is 1. The maximum absolute atomic E-state index is 12.6. The van der Waals surface area contributed by atoms with Crippen molar-refractivity contribution in [3.63, 3.8) is 0 Å². The maximum atomic E-state index is 12.6. The van der Waals surface area contributed by atoms with Crippen LogP contribution < -0.4 is 20.5 Å². The van der Waals surface area contributed by atoms with Gasteiger partial charge in [-0.15, -0.1) is 5.10 Å². The van der Waals surface area contributed by atoms with Crippen molar-refractivity contribution in [2.24, 2.45) is 0 Å². The van der Waals surface area contributed by atoms with Crippen LogP contribution in [0.15, 0.2) is 52.9 Å². The van der Waals surface area contributed by atoms with Crippen molar-refractivity contribution in [1.82, 2.24) is 20.0 Å². The van der Waals surface area contributed by atoms with Gasteiger partial charge in [-0.2, -0.15) is 0 Å². The van der Waals surface area contributed by atoms with Gasteiger partial charge < -0.3 is 24.9 Å². The van der Waals surface area contributed by atoms with Crippen LogP contribution in [0.25, 0.3) is 11.5 Å². The SMILES string of the molecule is COc1ccc(-c2nc(Cn3nnc(C(=O)Nc4cccc(OC)c4)c3N)c(C)o2)cc1. The Hall–Kier alpha value is -4.34. The predicted molar refractivity (Wildman–Crippen MR) is 118 cm³/mol. The number of aromatic nitrogens is 4. The number of carbonyl (C=O) groups excluding carboxylic acids is 1. The Morgan fingerprint density at radius 2 is 1.88 bits per heavy atom. The lowest BCUT2D eigenvalue weighted by molar-refractivity contribution is 0.102. The Morgan fingerprint density at radius 3 is 2.59 bits per heavy atom. The third-order valence-corrected chi connectivity index (χ3v) is 4.85. The molecule has 0 radical (unpaired) electrons. The van der Waals surface area contributed by atoms with Crippen LogP contribution in [0, 0.1) is 6.92 Å². The van der Waals surface area contributed by atoms with Gasteiger partial charge in [0.2, 0.25) is 5.89 Å². The molecule has 1 amide bonds. The summed E-state index contributed by atoms with van der Waals surface area (Å²) in [6.07, 6.45) is 0. The molecule has 0 spiro atoms. The van der Waals surface area contributed by atoms with Crippen LogP contribution >= 0.6 is 0 Å². The van der Waals surface area contributed by atoms with E-state index in [2.05, 4.69) is 20.6 Å². The number of ether oxygens (including phenoxy) is 2. The first-order valence-corrected chi connectivity index (χ1v) is 9.73. The number of benzene rings is 2. The fourth-order valence-corrected chi connectivity index (χ4v) is 3.06. The van der Waals surface area contributed by atoms with Gasteiger partial charge in [-0.25, -0.2) is 9.67 Å². The molecule has 32 heavy (non-hydrogen) atoms. The smallest absolute Gasteiger partial charge is 0.280 e. The molecule has 2 aromatic carbocycles. The minimum absolute atomic E-state index is 0.0179. The zero-order chi connectivity index (χ0) is 22.7. The molecule has 0 aliphatic rings. The minimum Gasteiger partial charge on any atom is -0.497 e.